The van der Waals surface area contributed by atoms with Gasteiger partial charge < -0.3 is 5.11 Å². The van der Waals surface area contributed by atoms with Crippen LogP contribution in [0.3, 0.4) is 0 Å². The van der Waals surface area contributed by atoms with Gasteiger partial charge in [-0.2, -0.15) is 13.2 Å². The Kier molecular flexibility index (Phi) is 4.27. The molecule has 0 aromatic rings. The highest BCUT2D eigenvalue weighted by Crippen LogP contribution is 2.39. The van der Waals surface area contributed by atoms with Crippen molar-refractivity contribution in [3.63, 3.8) is 0 Å². The summed E-state index contributed by atoms with van der Waals surface area (Å²) in [5.41, 5.74) is -1.07. The van der Waals surface area contributed by atoms with Gasteiger partial charge in [-0.1, -0.05) is 13.8 Å². The summed E-state index contributed by atoms with van der Waals surface area (Å²) in [7, 11) is 0. The van der Waals surface area contributed by atoms with E-state index in [-0.39, 0.29) is 6.42 Å². The van der Waals surface area contributed by atoms with Crippen molar-refractivity contribution >= 4 is 0 Å². The molecule has 1 saturated carbocycles. The summed E-state index contributed by atoms with van der Waals surface area (Å²) in [6, 6.07) is 0. The first-order valence-electron chi connectivity index (χ1n) is 6.01. The first-order valence-corrected chi connectivity index (χ1v) is 6.01. The van der Waals surface area contributed by atoms with Crippen LogP contribution in [0, 0.1) is 11.8 Å². The average Bonchev–Trinajstić information content (AvgIpc) is 2.15. The summed E-state index contributed by atoms with van der Waals surface area (Å²) in [6.07, 6.45) is -2.41. The molecule has 1 fully saturated rings. The standard InChI is InChI=1S/C12H21F3O/c1-9(2)10-3-5-11(16,6-4-10)7-8-12(13,14)15/h9-10,16H,3-8H2,1-2H3. The molecule has 4 heteroatoms. The fourth-order valence-corrected chi connectivity index (χ4v) is 2.47. The molecule has 0 atom stereocenters. The second-order valence-corrected chi connectivity index (χ2v) is 5.42. The predicted octanol–water partition coefficient (Wildman–Crippen LogP) is 3.91. The molecule has 1 N–H and O–H groups in total. The molecule has 0 radical (unpaired) electrons. The molecule has 16 heavy (non-hydrogen) atoms. The first kappa shape index (κ1) is 13.8. The van der Waals surface area contributed by atoms with Crippen LogP contribution in [0.1, 0.15) is 52.4 Å². The fourth-order valence-electron chi connectivity index (χ4n) is 2.47. The maximum Gasteiger partial charge on any atom is 0.389 e. The molecule has 0 unspecified atom stereocenters. The lowest BCUT2D eigenvalue weighted by Gasteiger charge is -2.37. The minimum absolute atomic E-state index is 0.138. The highest BCUT2D eigenvalue weighted by Gasteiger charge is 2.38. The monoisotopic (exact) mass is 238 g/mol. The Labute approximate surface area is 95.0 Å². The van der Waals surface area contributed by atoms with Crippen LogP contribution in [-0.2, 0) is 0 Å². The molecule has 1 aliphatic carbocycles. The summed E-state index contributed by atoms with van der Waals surface area (Å²) < 4.78 is 36.2. The largest absolute Gasteiger partial charge is 0.390 e. The van der Waals surface area contributed by atoms with Crippen molar-refractivity contribution < 1.29 is 18.3 Å². The number of alkyl halides is 3. The lowest BCUT2D eigenvalue weighted by Crippen LogP contribution is -2.36. The molecule has 0 saturated heterocycles. The molecule has 0 amide bonds. The van der Waals surface area contributed by atoms with Crippen molar-refractivity contribution in [3.8, 4) is 0 Å². The van der Waals surface area contributed by atoms with Crippen molar-refractivity contribution in [3.05, 3.63) is 0 Å². The molecule has 0 aromatic heterocycles. The third kappa shape index (κ3) is 4.32. The van der Waals surface area contributed by atoms with Gasteiger partial charge in [0.05, 0.1) is 5.60 Å². The molecular formula is C12H21F3O. The Morgan fingerprint density at radius 1 is 1.25 bits per heavy atom. The molecular weight excluding hydrogens is 217 g/mol. The van der Waals surface area contributed by atoms with Crippen molar-refractivity contribution in [1.29, 1.82) is 0 Å². The lowest BCUT2D eigenvalue weighted by atomic mass is 9.73. The van der Waals surface area contributed by atoms with Crippen LogP contribution in [-0.4, -0.2) is 16.9 Å². The van der Waals surface area contributed by atoms with Crippen LogP contribution >= 0.6 is 0 Å². The third-order valence-corrected chi connectivity index (χ3v) is 3.78. The van der Waals surface area contributed by atoms with E-state index in [2.05, 4.69) is 13.8 Å². The Balaban J connectivity index is 2.38. The van der Waals surface area contributed by atoms with Gasteiger partial charge in [-0.15, -0.1) is 0 Å². The van der Waals surface area contributed by atoms with Gasteiger partial charge in [-0.25, -0.2) is 0 Å². The minimum atomic E-state index is -4.15. The van der Waals surface area contributed by atoms with E-state index in [1.54, 1.807) is 0 Å². The Bertz CT molecular complexity index is 215. The molecule has 1 rings (SSSR count). The second-order valence-electron chi connectivity index (χ2n) is 5.42. The van der Waals surface area contributed by atoms with Crippen molar-refractivity contribution in [2.45, 2.75) is 64.1 Å². The van der Waals surface area contributed by atoms with Gasteiger partial charge in [-0.3, -0.25) is 0 Å². The van der Waals surface area contributed by atoms with Gasteiger partial charge in [0.2, 0.25) is 0 Å². The Morgan fingerprint density at radius 3 is 2.12 bits per heavy atom. The molecule has 1 nitrogen and oxygen atoms in total. The number of hydrogen-bond acceptors (Lipinski definition) is 1. The van der Waals surface area contributed by atoms with Gasteiger partial charge >= 0.3 is 6.18 Å². The van der Waals surface area contributed by atoms with Crippen LogP contribution in [0.5, 0.6) is 0 Å². The SMILES string of the molecule is CC(C)C1CCC(O)(CCC(F)(F)F)CC1. The number of hydrogen-bond donors (Lipinski definition) is 1. The van der Waals surface area contributed by atoms with Crippen LogP contribution < -0.4 is 0 Å². The minimum Gasteiger partial charge on any atom is -0.390 e. The smallest absolute Gasteiger partial charge is 0.389 e. The number of aliphatic hydroxyl groups is 1. The second kappa shape index (κ2) is 4.94. The van der Waals surface area contributed by atoms with Gasteiger partial charge in [-0.05, 0) is 43.9 Å². The van der Waals surface area contributed by atoms with E-state index >= 15 is 0 Å². The summed E-state index contributed by atoms with van der Waals surface area (Å²) in [4.78, 5) is 0. The zero-order valence-electron chi connectivity index (χ0n) is 9.98. The zero-order chi connectivity index (χ0) is 12.4. The van der Waals surface area contributed by atoms with Gasteiger partial charge in [0.1, 0.15) is 0 Å². The first-order chi connectivity index (χ1) is 7.22. The van der Waals surface area contributed by atoms with Crippen LogP contribution in [0.2, 0.25) is 0 Å². The van der Waals surface area contributed by atoms with E-state index < -0.39 is 18.2 Å². The third-order valence-electron chi connectivity index (χ3n) is 3.78. The quantitative estimate of drug-likeness (QED) is 0.790. The van der Waals surface area contributed by atoms with Crippen molar-refractivity contribution in [1.82, 2.24) is 0 Å². The van der Waals surface area contributed by atoms with E-state index in [1.807, 2.05) is 0 Å². The van der Waals surface area contributed by atoms with Crippen molar-refractivity contribution in [2.75, 3.05) is 0 Å². The summed E-state index contributed by atoms with van der Waals surface area (Å²) in [5.74, 6) is 1.12. The van der Waals surface area contributed by atoms with Gasteiger partial charge in [0.25, 0.3) is 0 Å². The molecule has 0 aromatic carbocycles. The maximum absolute atomic E-state index is 12.1. The highest BCUT2D eigenvalue weighted by atomic mass is 19.4. The number of halogens is 3. The van der Waals surface area contributed by atoms with E-state index in [0.717, 1.165) is 12.8 Å². The average molecular weight is 238 g/mol. The van der Waals surface area contributed by atoms with E-state index in [9.17, 15) is 18.3 Å². The predicted molar refractivity (Wildman–Crippen MR) is 57.0 cm³/mol. The maximum atomic E-state index is 12.1. The Morgan fingerprint density at radius 2 is 1.75 bits per heavy atom. The molecule has 0 bridgehead atoms. The normalized spacial score (nSPS) is 32.1. The summed E-state index contributed by atoms with van der Waals surface area (Å²) in [5, 5.41) is 10.0. The van der Waals surface area contributed by atoms with E-state index in [1.165, 1.54) is 0 Å². The van der Waals surface area contributed by atoms with Crippen LogP contribution in [0.4, 0.5) is 13.2 Å². The lowest BCUT2D eigenvalue weighted by molar-refractivity contribution is -0.150. The highest BCUT2D eigenvalue weighted by molar-refractivity contribution is 4.86. The fraction of sp³-hybridized carbons (Fsp3) is 1.00. The number of rotatable bonds is 3. The zero-order valence-corrected chi connectivity index (χ0v) is 9.98. The molecule has 1 aliphatic rings. The van der Waals surface area contributed by atoms with Crippen molar-refractivity contribution in [2.24, 2.45) is 11.8 Å². The van der Waals surface area contributed by atoms with E-state index in [4.69, 9.17) is 0 Å². The van der Waals surface area contributed by atoms with Crippen LogP contribution in [0.15, 0.2) is 0 Å². The summed E-state index contributed by atoms with van der Waals surface area (Å²) in [6.45, 7) is 4.26. The topological polar surface area (TPSA) is 20.2 Å². The Hall–Kier alpha value is -0.250. The van der Waals surface area contributed by atoms with Crippen LogP contribution in [0.25, 0.3) is 0 Å². The molecule has 0 heterocycles. The molecule has 0 spiro atoms. The molecule has 0 aliphatic heterocycles. The molecule has 96 valence electrons. The van der Waals surface area contributed by atoms with Gasteiger partial charge in [0.15, 0.2) is 0 Å². The van der Waals surface area contributed by atoms with E-state index in [0.29, 0.717) is 24.7 Å². The van der Waals surface area contributed by atoms with Gasteiger partial charge in [0, 0.05) is 6.42 Å². The summed E-state index contributed by atoms with van der Waals surface area (Å²) >= 11 is 0.